The van der Waals surface area contributed by atoms with Gasteiger partial charge in [-0.3, -0.25) is 0 Å². The molecule has 0 unspecified atom stereocenters. The maximum atomic E-state index is 6.53. The highest BCUT2D eigenvalue weighted by Gasteiger charge is 2.46. The van der Waals surface area contributed by atoms with Crippen LogP contribution in [0.5, 0.6) is 11.5 Å². The first-order valence-corrected chi connectivity index (χ1v) is 12.1. The topological polar surface area (TPSA) is 9.23 Å². The van der Waals surface area contributed by atoms with Gasteiger partial charge in [0.1, 0.15) is 11.5 Å². The molecule has 0 amide bonds. The van der Waals surface area contributed by atoms with Gasteiger partial charge in [0.15, 0.2) is 0 Å². The molecule has 4 aromatic carbocycles. The molecule has 3 heterocycles. The van der Waals surface area contributed by atoms with Crippen LogP contribution in [0.1, 0.15) is 36.1 Å². The van der Waals surface area contributed by atoms with Gasteiger partial charge < -0.3 is 4.74 Å². The van der Waals surface area contributed by atoms with E-state index in [9.17, 15) is 0 Å². The summed E-state index contributed by atoms with van der Waals surface area (Å²) in [6, 6.07) is 24.7. The van der Waals surface area contributed by atoms with Gasteiger partial charge in [-0.2, -0.15) is 0 Å². The zero-order chi connectivity index (χ0) is 21.8. The van der Waals surface area contributed by atoms with E-state index in [1.165, 1.54) is 58.8 Å². The fourth-order valence-electron chi connectivity index (χ4n) is 6.30. The molecule has 0 spiro atoms. The molecule has 2 aliphatic heterocycles. The molecule has 0 aliphatic carbocycles. The third kappa shape index (κ3) is 2.20. The molecular formula is C29H23BOS. The Kier molecular flexibility index (Phi) is 3.50. The monoisotopic (exact) mass is 430 g/mol. The van der Waals surface area contributed by atoms with Crippen LogP contribution in [-0.2, 0) is 5.41 Å². The predicted octanol–water partition coefficient (Wildman–Crippen LogP) is 5.93. The third-order valence-corrected chi connectivity index (χ3v) is 8.71. The van der Waals surface area contributed by atoms with E-state index in [0.29, 0.717) is 0 Å². The van der Waals surface area contributed by atoms with Crippen LogP contribution in [0.15, 0.2) is 66.7 Å². The SMILES string of the molecule is Cc1ccc2c(c1)B1c3c(ccc(C)c3C(C)(C)c3ccc4sc5ccccc5c4c31)O2. The van der Waals surface area contributed by atoms with Crippen molar-refractivity contribution < 1.29 is 4.74 Å². The van der Waals surface area contributed by atoms with E-state index in [-0.39, 0.29) is 12.1 Å². The van der Waals surface area contributed by atoms with Crippen LogP contribution in [0, 0.1) is 13.8 Å². The van der Waals surface area contributed by atoms with E-state index in [1.807, 2.05) is 11.3 Å². The normalized spacial score (nSPS) is 15.3. The second-order valence-corrected chi connectivity index (χ2v) is 11.0. The summed E-state index contributed by atoms with van der Waals surface area (Å²) in [7, 11) is 0. The van der Waals surface area contributed by atoms with Crippen LogP contribution in [0.25, 0.3) is 20.2 Å². The van der Waals surface area contributed by atoms with E-state index in [1.54, 1.807) is 0 Å². The summed E-state index contributed by atoms with van der Waals surface area (Å²) in [6.07, 6.45) is 0. The summed E-state index contributed by atoms with van der Waals surface area (Å²) >= 11 is 1.91. The molecule has 0 saturated carbocycles. The summed E-state index contributed by atoms with van der Waals surface area (Å²) in [5, 5.41) is 2.80. The summed E-state index contributed by atoms with van der Waals surface area (Å²) in [6.45, 7) is 9.40. The first-order valence-electron chi connectivity index (χ1n) is 11.3. The van der Waals surface area contributed by atoms with Crippen LogP contribution >= 0.6 is 11.3 Å². The van der Waals surface area contributed by atoms with Crippen LogP contribution in [-0.4, -0.2) is 6.71 Å². The predicted molar refractivity (Wildman–Crippen MR) is 139 cm³/mol. The Morgan fingerprint density at radius 3 is 2.50 bits per heavy atom. The molecule has 154 valence electrons. The number of rotatable bonds is 0. The Morgan fingerprint density at radius 2 is 1.62 bits per heavy atom. The van der Waals surface area contributed by atoms with Gasteiger partial charge in [0.05, 0.1) is 0 Å². The second-order valence-electron chi connectivity index (χ2n) is 9.87. The fourth-order valence-corrected chi connectivity index (χ4v) is 7.42. The summed E-state index contributed by atoms with van der Waals surface area (Å²) < 4.78 is 9.26. The molecule has 0 saturated heterocycles. The van der Waals surface area contributed by atoms with E-state index in [4.69, 9.17) is 4.74 Å². The molecule has 0 fully saturated rings. The fraction of sp³-hybridized carbons (Fsp3) is 0.172. The molecule has 0 atom stereocenters. The largest absolute Gasteiger partial charge is 0.458 e. The summed E-state index contributed by atoms with van der Waals surface area (Å²) in [5.74, 6) is 2.01. The van der Waals surface area contributed by atoms with Gasteiger partial charge in [-0.15, -0.1) is 11.3 Å². The minimum absolute atomic E-state index is 0.0941. The molecule has 1 nitrogen and oxygen atoms in total. The van der Waals surface area contributed by atoms with Crippen molar-refractivity contribution in [1.29, 1.82) is 0 Å². The molecular weight excluding hydrogens is 407 g/mol. The lowest BCUT2D eigenvalue weighted by Gasteiger charge is -2.43. The number of hydrogen-bond acceptors (Lipinski definition) is 2. The molecule has 5 aromatic rings. The standard InChI is InChI=1S/C29H23BOS/c1-16-9-12-21-20(15-16)30-27-19(11-14-24-25(27)18-7-5-6-8-23(18)32-24)29(3,4)26-17(2)10-13-22(31-21)28(26)30/h5-15H,1-4H3. The molecule has 0 bridgehead atoms. The highest BCUT2D eigenvalue weighted by Crippen LogP contribution is 2.43. The Labute approximate surface area is 192 Å². The van der Waals surface area contributed by atoms with E-state index < -0.39 is 0 Å². The van der Waals surface area contributed by atoms with Crippen LogP contribution < -0.4 is 21.1 Å². The quantitative estimate of drug-likeness (QED) is 0.271. The average molecular weight is 430 g/mol. The number of benzene rings is 4. The Hall–Kier alpha value is -3.04. The molecule has 0 radical (unpaired) electrons. The number of ether oxygens (including phenoxy) is 1. The molecule has 32 heavy (non-hydrogen) atoms. The smallest absolute Gasteiger partial charge is 0.252 e. The van der Waals surface area contributed by atoms with Gasteiger partial charge in [0.2, 0.25) is 0 Å². The van der Waals surface area contributed by atoms with Crippen LogP contribution in [0.3, 0.4) is 0 Å². The van der Waals surface area contributed by atoms with Gasteiger partial charge in [0.25, 0.3) is 6.71 Å². The van der Waals surface area contributed by atoms with Crippen molar-refractivity contribution >= 4 is 54.6 Å². The van der Waals surface area contributed by atoms with Crippen LogP contribution in [0.2, 0.25) is 0 Å². The van der Waals surface area contributed by atoms with Gasteiger partial charge in [-0.05, 0) is 76.5 Å². The Balaban J connectivity index is 1.72. The molecule has 2 aliphatic rings. The number of thiophene rings is 1. The third-order valence-electron chi connectivity index (χ3n) is 7.57. The van der Waals surface area contributed by atoms with Crippen molar-refractivity contribution in [3.8, 4) is 11.5 Å². The summed E-state index contributed by atoms with van der Waals surface area (Å²) in [5.41, 5.74) is 9.53. The lowest BCUT2D eigenvalue weighted by atomic mass is 9.30. The zero-order valence-corrected chi connectivity index (χ0v) is 19.6. The van der Waals surface area contributed by atoms with Crippen molar-refractivity contribution in [3.63, 3.8) is 0 Å². The minimum Gasteiger partial charge on any atom is -0.458 e. The van der Waals surface area contributed by atoms with E-state index in [2.05, 4.69) is 94.4 Å². The lowest BCUT2D eigenvalue weighted by Crippen LogP contribution is -2.63. The molecule has 3 heteroatoms. The first kappa shape index (κ1) is 18.5. The van der Waals surface area contributed by atoms with Crippen molar-refractivity contribution in [2.24, 2.45) is 0 Å². The molecule has 7 rings (SSSR count). The number of hydrogen-bond donors (Lipinski definition) is 0. The van der Waals surface area contributed by atoms with Gasteiger partial charge in [0, 0.05) is 14.8 Å². The minimum atomic E-state index is -0.0941. The Bertz CT molecular complexity index is 1610. The highest BCUT2D eigenvalue weighted by molar-refractivity contribution is 7.26. The van der Waals surface area contributed by atoms with Gasteiger partial charge >= 0.3 is 0 Å². The lowest BCUT2D eigenvalue weighted by molar-refractivity contribution is 0.484. The highest BCUT2D eigenvalue weighted by atomic mass is 32.1. The van der Waals surface area contributed by atoms with Crippen LogP contribution in [0.4, 0.5) is 0 Å². The van der Waals surface area contributed by atoms with E-state index >= 15 is 0 Å². The number of fused-ring (bicyclic) bond motifs is 8. The van der Waals surface area contributed by atoms with Gasteiger partial charge in [-0.1, -0.05) is 67.3 Å². The molecule has 0 N–H and O–H groups in total. The van der Waals surface area contributed by atoms with Crippen molar-refractivity contribution in [2.75, 3.05) is 0 Å². The first-order chi connectivity index (χ1) is 15.4. The number of aryl methyl sites for hydroxylation is 2. The maximum Gasteiger partial charge on any atom is 0.252 e. The Morgan fingerprint density at radius 1 is 0.812 bits per heavy atom. The zero-order valence-electron chi connectivity index (χ0n) is 18.7. The molecule has 1 aromatic heterocycles. The maximum absolute atomic E-state index is 6.53. The van der Waals surface area contributed by atoms with Crippen molar-refractivity contribution in [3.05, 3.63) is 89.0 Å². The van der Waals surface area contributed by atoms with Gasteiger partial charge in [-0.25, -0.2) is 0 Å². The second kappa shape index (κ2) is 6.05. The van der Waals surface area contributed by atoms with Crippen molar-refractivity contribution in [2.45, 2.75) is 33.1 Å². The van der Waals surface area contributed by atoms with E-state index in [0.717, 1.165) is 11.5 Å². The summed E-state index contributed by atoms with van der Waals surface area (Å²) in [4.78, 5) is 0. The average Bonchev–Trinajstić information content (AvgIpc) is 3.16. The van der Waals surface area contributed by atoms with Crippen molar-refractivity contribution in [1.82, 2.24) is 0 Å².